The molecule has 0 saturated carbocycles. The van der Waals surface area contributed by atoms with Gasteiger partial charge in [0.2, 0.25) is 0 Å². The van der Waals surface area contributed by atoms with Crippen LogP contribution in [0.15, 0.2) is 0 Å². The third-order valence-electron chi connectivity index (χ3n) is 7.61. The molecule has 3 heterocycles. The molecule has 3 aliphatic rings. The van der Waals surface area contributed by atoms with Crippen LogP contribution in [0.1, 0.15) is 67.2 Å². The Labute approximate surface area is 162 Å². The fraction of sp³-hybridized carbons (Fsp3) is 1.00. The lowest BCUT2D eigenvalue weighted by molar-refractivity contribution is 0.0546. The van der Waals surface area contributed by atoms with Gasteiger partial charge in [-0.3, -0.25) is 19.6 Å². The number of hydrogen-bond acceptors (Lipinski definition) is 4. The van der Waals surface area contributed by atoms with E-state index in [0.29, 0.717) is 23.2 Å². The van der Waals surface area contributed by atoms with Crippen molar-refractivity contribution >= 4 is 0 Å². The molecule has 3 saturated heterocycles. The van der Waals surface area contributed by atoms with Crippen LogP contribution < -0.4 is 0 Å². The Bertz CT molecular complexity index is 419. The molecular formula is C22H44N4. The summed E-state index contributed by atoms with van der Waals surface area (Å²) in [6, 6.07) is 1.35. The van der Waals surface area contributed by atoms with E-state index in [1.54, 1.807) is 0 Å². The van der Waals surface area contributed by atoms with Gasteiger partial charge < -0.3 is 0 Å². The van der Waals surface area contributed by atoms with Gasteiger partial charge >= 0.3 is 0 Å². The van der Waals surface area contributed by atoms with Crippen LogP contribution in [0, 0.1) is 0 Å². The van der Waals surface area contributed by atoms with E-state index < -0.39 is 0 Å². The van der Waals surface area contributed by atoms with Crippen LogP contribution in [0.25, 0.3) is 0 Å². The predicted octanol–water partition coefficient (Wildman–Crippen LogP) is 3.13. The molecule has 3 fully saturated rings. The molecule has 3 rings (SSSR count). The van der Waals surface area contributed by atoms with Crippen molar-refractivity contribution in [3.05, 3.63) is 0 Å². The minimum atomic E-state index is 0.300. The molecular weight excluding hydrogens is 320 g/mol. The minimum Gasteiger partial charge on any atom is -0.299 e. The van der Waals surface area contributed by atoms with Gasteiger partial charge in [-0.05, 0) is 93.4 Å². The maximum atomic E-state index is 2.79. The molecule has 0 aromatic carbocycles. The van der Waals surface area contributed by atoms with Crippen molar-refractivity contribution < 1.29 is 0 Å². The molecule has 0 N–H and O–H groups in total. The second-order valence-electron chi connectivity index (χ2n) is 10.5. The quantitative estimate of drug-likeness (QED) is 0.655. The number of fused-ring (bicyclic) bond motifs is 6. The standard InChI is InChI=1S/C22H44N4/c1-19-17-21(3,4)25-12-8-10-24(14-16-25)20(2)18-22(5,6)26-11-7-9-23(19)13-15-26/h19-20H,7-18H2,1-6H3. The maximum Gasteiger partial charge on any atom is 0.0168 e. The van der Waals surface area contributed by atoms with Crippen LogP contribution >= 0.6 is 0 Å². The highest BCUT2D eigenvalue weighted by atomic mass is 15.3. The molecule has 4 heteroatoms. The Hall–Kier alpha value is -0.160. The molecule has 4 nitrogen and oxygen atoms in total. The molecule has 3 aliphatic heterocycles. The average molecular weight is 365 g/mol. The number of hydrogen-bond donors (Lipinski definition) is 0. The molecule has 4 bridgehead atoms. The Kier molecular flexibility index (Phi) is 6.38. The van der Waals surface area contributed by atoms with Gasteiger partial charge in [0.15, 0.2) is 0 Å². The second kappa shape index (κ2) is 8.06. The van der Waals surface area contributed by atoms with Gasteiger partial charge in [0, 0.05) is 49.3 Å². The van der Waals surface area contributed by atoms with Crippen molar-refractivity contribution in [2.24, 2.45) is 0 Å². The first-order chi connectivity index (χ1) is 12.2. The third kappa shape index (κ3) is 4.63. The van der Waals surface area contributed by atoms with E-state index in [4.69, 9.17) is 0 Å². The van der Waals surface area contributed by atoms with E-state index in [0.717, 1.165) is 0 Å². The summed E-state index contributed by atoms with van der Waals surface area (Å²) in [6.45, 7) is 24.9. The lowest BCUT2D eigenvalue weighted by Crippen LogP contribution is -2.53. The van der Waals surface area contributed by atoms with Crippen LogP contribution in [0.4, 0.5) is 0 Å². The van der Waals surface area contributed by atoms with Gasteiger partial charge in [-0.15, -0.1) is 0 Å². The van der Waals surface area contributed by atoms with Crippen molar-refractivity contribution in [2.45, 2.75) is 90.4 Å². The van der Waals surface area contributed by atoms with E-state index in [9.17, 15) is 0 Å². The normalized spacial score (nSPS) is 44.1. The topological polar surface area (TPSA) is 13.0 Å². The minimum absolute atomic E-state index is 0.300. The number of nitrogens with zero attached hydrogens (tertiary/aromatic N) is 4. The first-order valence-electron chi connectivity index (χ1n) is 11.2. The average Bonchev–Trinajstić information content (AvgIpc) is 2.95. The molecule has 0 aromatic rings. The summed E-state index contributed by atoms with van der Waals surface area (Å²) in [6.07, 6.45) is 5.20. The summed E-state index contributed by atoms with van der Waals surface area (Å²) < 4.78 is 0. The van der Waals surface area contributed by atoms with Crippen LogP contribution in [-0.4, -0.2) is 95.1 Å². The zero-order valence-corrected chi connectivity index (χ0v) is 18.4. The molecule has 26 heavy (non-hydrogen) atoms. The highest BCUT2D eigenvalue weighted by Gasteiger charge is 2.36. The SMILES string of the molecule is CC1CC(C)(C)N2CCCN(CC2)C(C)CC(C)(C)N2CCCN1CC2. The van der Waals surface area contributed by atoms with E-state index in [1.165, 1.54) is 78.0 Å². The molecule has 0 amide bonds. The largest absolute Gasteiger partial charge is 0.299 e. The van der Waals surface area contributed by atoms with Gasteiger partial charge in [-0.1, -0.05) is 0 Å². The predicted molar refractivity (Wildman–Crippen MR) is 112 cm³/mol. The Morgan fingerprint density at radius 2 is 0.923 bits per heavy atom. The van der Waals surface area contributed by atoms with Crippen LogP contribution in [0.2, 0.25) is 0 Å². The van der Waals surface area contributed by atoms with Gasteiger partial charge in [0.25, 0.3) is 0 Å². The van der Waals surface area contributed by atoms with Crippen LogP contribution in [0.3, 0.4) is 0 Å². The van der Waals surface area contributed by atoms with Crippen LogP contribution in [0.5, 0.6) is 0 Å². The van der Waals surface area contributed by atoms with Gasteiger partial charge in [0.05, 0.1) is 0 Å². The van der Waals surface area contributed by atoms with Crippen molar-refractivity contribution in [3.8, 4) is 0 Å². The van der Waals surface area contributed by atoms with Crippen molar-refractivity contribution in [3.63, 3.8) is 0 Å². The molecule has 0 aromatic heterocycles. The maximum absolute atomic E-state index is 2.79. The Balaban J connectivity index is 1.86. The van der Waals surface area contributed by atoms with Gasteiger partial charge in [0.1, 0.15) is 0 Å². The zero-order valence-electron chi connectivity index (χ0n) is 18.4. The molecule has 0 spiro atoms. The van der Waals surface area contributed by atoms with E-state index in [-0.39, 0.29) is 0 Å². The molecule has 0 radical (unpaired) electrons. The van der Waals surface area contributed by atoms with E-state index in [2.05, 4.69) is 61.1 Å². The van der Waals surface area contributed by atoms with E-state index >= 15 is 0 Å². The zero-order chi connectivity index (χ0) is 18.9. The first kappa shape index (κ1) is 20.6. The van der Waals surface area contributed by atoms with Crippen LogP contribution in [-0.2, 0) is 0 Å². The third-order valence-corrected chi connectivity index (χ3v) is 7.61. The lowest BCUT2D eigenvalue weighted by Gasteiger charge is -2.44. The molecule has 0 aliphatic carbocycles. The fourth-order valence-corrected chi connectivity index (χ4v) is 5.93. The first-order valence-corrected chi connectivity index (χ1v) is 11.2. The smallest absolute Gasteiger partial charge is 0.0168 e. The highest BCUT2D eigenvalue weighted by Crippen LogP contribution is 2.29. The van der Waals surface area contributed by atoms with Gasteiger partial charge in [-0.2, -0.15) is 0 Å². The monoisotopic (exact) mass is 364 g/mol. The van der Waals surface area contributed by atoms with E-state index in [1.807, 2.05) is 0 Å². The summed E-state index contributed by atoms with van der Waals surface area (Å²) >= 11 is 0. The fourth-order valence-electron chi connectivity index (χ4n) is 5.93. The summed E-state index contributed by atoms with van der Waals surface area (Å²) in [4.78, 5) is 11.1. The van der Waals surface area contributed by atoms with Crippen molar-refractivity contribution in [1.29, 1.82) is 0 Å². The summed E-state index contributed by atoms with van der Waals surface area (Å²) in [7, 11) is 0. The summed E-state index contributed by atoms with van der Waals surface area (Å²) in [5.41, 5.74) is 0.599. The summed E-state index contributed by atoms with van der Waals surface area (Å²) in [5.74, 6) is 0. The Morgan fingerprint density at radius 1 is 0.538 bits per heavy atom. The lowest BCUT2D eigenvalue weighted by atomic mass is 9.92. The Morgan fingerprint density at radius 3 is 1.31 bits per heavy atom. The molecule has 6 atom stereocenters. The molecule has 6 unspecified atom stereocenters. The van der Waals surface area contributed by atoms with Crippen molar-refractivity contribution in [1.82, 2.24) is 19.6 Å². The van der Waals surface area contributed by atoms with Gasteiger partial charge in [-0.25, -0.2) is 0 Å². The summed E-state index contributed by atoms with van der Waals surface area (Å²) in [5, 5.41) is 0. The number of rotatable bonds is 0. The second-order valence-corrected chi connectivity index (χ2v) is 10.5. The highest BCUT2D eigenvalue weighted by molar-refractivity contribution is 4.93. The molecule has 152 valence electrons. The van der Waals surface area contributed by atoms with Crippen molar-refractivity contribution in [2.75, 3.05) is 52.4 Å².